The second-order valence-electron chi connectivity index (χ2n) is 8.14. The molecule has 2 aromatic heterocycles. The zero-order chi connectivity index (χ0) is 24.6. The number of fused-ring (bicyclic) bond motifs is 2. The Bertz CT molecular complexity index is 1390. The van der Waals surface area contributed by atoms with Gasteiger partial charge >= 0.3 is 11.8 Å². The first-order valence-corrected chi connectivity index (χ1v) is 10.9. The van der Waals surface area contributed by atoms with Crippen molar-refractivity contribution in [3.8, 4) is 23.7 Å². The number of anilines is 1. The van der Waals surface area contributed by atoms with Crippen molar-refractivity contribution >= 4 is 17.9 Å². The molecule has 1 fully saturated rings. The van der Waals surface area contributed by atoms with Crippen LogP contribution in [0.15, 0.2) is 50.8 Å². The Balaban J connectivity index is 0.000000195. The number of hydrogen-bond acceptors (Lipinski definition) is 10. The lowest BCUT2D eigenvalue weighted by Gasteiger charge is -2.31. The van der Waals surface area contributed by atoms with Gasteiger partial charge in [-0.25, -0.2) is 0 Å². The molecule has 2 aliphatic carbocycles. The van der Waals surface area contributed by atoms with E-state index >= 15 is 0 Å². The third kappa shape index (κ3) is 3.91. The number of nitrogens with one attached hydrogen (secondary N) is 1. The Morgan fingerprint density at radius 2 is 1.97 bits per heavy atom. The summed E-state index contributed by atoms with van der Waals surface area (Å²) in [6.07, 6.45) is 1.44. The number of rotatable bonds is 4. The Hall–Kier alpha value is -4.52. The summed E-state index contributed by atoms with van der Waals surface area (Å²) in [5.41, 5.74) is 1.96. The summed E-state index contributed by atoms with van der Waals surface area (Å²) in [6.45, 7) is 4.11. The van der Waals surface area contributed by atoms with Gasteiger partial charge in [0.25, 0.3) is 12.4 Å². The molecule has 1 aromatic carbocycles. The fourth-order valence-corrected chi connectivity index (χ4v) is 3.80. The van der Waals surface area contributed by atoms with Crippen LogP contribution >= 0.6 is 0 Å². The number of ketones is 1. The van der Waals surface area contributed by atoms with Gasteiger partial charge in [-0.2, -0.15) is 4.98 Å². The molecule has 3 heterocycles. The molecule has 35 heavy (non-hydrogen) atoms. The topological polar surface area (TPSA) is 126 Å². The summed E-state index contributed by atoms with van der Waals surface area (Å²) in [6, 6.07) is 9.61. The highest BCUT2D eigenvalue weighted by Gasteiger charge is 2.67. The lowest BCUT2D eigenvalue weighted by molar-refractivity contribution is -0.133. The first-order valence-electron chi connectivity index (χ1n) is 10.9. The van der Waals surface area contributed by atoms with E-state index in [-0.39, 0.29) is 35.4 Å². The van der Waals surface area contributed by atoms with Gasteiger partial charge in [0.1, 0.15) is 17.5 Å². The molecule has 0 bridgehead atoms. The molecule has 10 nitrogen and oxygen atoms in total. The zero-order valence-electron chi connectivity index (χ0n) is 19.2. The number of carbonyl (C=O) groups is 2. The number of nitrogens with zero attached hydrogens (tertiary/aromatic N) is 2. The lowest BCUT2D eigenvalue weighted by atomic mass is 9.84. The lowest BCUT2D eigenvalue weighted by Crippen LogP contribution is -2.40. The second-order valence-corrected chi connectivity index (χ2v) is 8.14. The van der Waals surface area contributed by atoms with Crippen LogP contribution in [-0.2, 0) is 14.3 Å². The van der Waals surface area contributed by atoms with Crippen LogP contribution in [0.25, 0.3) is 0 Å². The predicted octanol–water partition coefficient (Wildman–Crippen LogP) is 3.68. The molecule has 6 rings (SSSR count). The Kier molecular flexibility index (Phi) is 5.53. The van der Waals surface area contributed by atoms with Crippen molar-refractivity contribution in [1.29, 1.82) is 0 Å². The van der Waals surface area contributed by atoms with Gasteiger partial charge in [-0.15, -0.1) is 0 Å². The summed E-state index contributed by atoms with van der Waals surface area (Å²) >= 11 is 0. The van der Waals surface area contributed by atoms with E-state index < -0.39 is 5.41 Å². The molecule has 1 aliphatic heterocycles. The van der Waals surface area contributed by atoms with E-state index in [0.717, 1.165) is 18.4 Å². The van der Waals surface area contributed by atoms with Gasteiger partial charge in [-0.1, -0.05) is 35.5 Å². The number of aryl methyl sites for hydroxylation is 1. The molecule has 3 aliphatic rings. The van der Waals surface area contributed by atoms with Crippen molar-refractivity contribution in [2.75, 3.05) is 12.4 Å². The number of carbonyl (C=O) groups excluding carboxylic acids is 2. The standard InChI is InChI=1S/C16H11N3O5.C9H10O2/c1-7-10(17-2)8(24-19-7)3-4-9-18-14-15(21-9)23-13-11(22-14)12(20)16(13)5-6-16;1-8(11-7-10)9-5-3-2-4-6-9/h17H,5-6H2,1-2H3;2-8H,1H3. The molecule has 0 amide bonds. The number of oxazole rings is 1. The van der Waals surface area contributed by atoms with Crippen LogP contribution in [0.3, 0.4) is 0 Å². The molecular weight excluding hydrogens is 454 g/mol. The van der Waals surface area contributed by atoms with Crippen LogP contribution in [0, 0.1) is 24.2 Å². The monoisotopic (exact) mass is 475 g/mol. The highest BCUT2D eigenvalue weighted by atomic mass is 16.6. The fourth-order valence-electron chi connectivity index (χ4n) is 3.80. The Morgan fingerprint density at radius 1 is 1.20 bits per heavy atom. The summed E-state index contributed by atoms with van der Waals surface area (Å²) in [7, 11) is 1.76. The maximum Gasteiger partial charge on any atom is 0.358 e. The van der Waals surface area contributed by atoms with Crippen molar-refractivity contribution < 1.29 is 32.7 Å². The number of allylic oxidation sites excluding steroid dienone is 2. The van der Waals surface area contributed by atoms with E-state index in [9.17, 15) is 9.59 Å². The minimum absolute atomic E-state index is 0.0189. The average molecular weight is 475 g/mol. The largest absolute Gasteiger partial charge is 0.460 e. The first kappa shape index (κ1) is 22.3. The van der Waals surface area contributed by atoms with Crippen molar-refractivity contribution in [2.24, 2.45) is 5.41 Å². The molecule has 1 atom stereocenters. The Labute approximate surface area is 200 Å². The molecule has 1 unspecified atom stereocenters. The summed E-state index contributed by atoms with van der Waals surface area (Å²) < 4.78 is 26.5. The number of aromatic nitrogens is 2. The van der Waals surface area contributed by atoms with E-state index in [2.05, 4.69) is 27.3 Å². The predicted molar refractivity (Wildman–Crippen MR) is 120 cm³/mol. The average Bonchev–Trinajstić information content (AvgIpc) is 3.51. The van der Waals surface area contributed by atoms with Gasteiger partial charge in [-0.3, -0.25) is 9.59 Å². The van der Waals surface area contributed by atoms with Gasteiger partial charge in [0.05, 0.1) is 5.41 Å². The third-order valence-electron chi connectivity index (χ3n) is 5.92. The first-order chi connectivity index (χ1) is 17.0. The highest BCUT2D eigenvalue weighted by Crippen LogP contribution is 2.63. The van der Waals surface area contributed by atoms with Crippen LogP contribution in [-0.4, -0.2) is 29.4 Å². The second kappa shape index (κ2) is 8.68. The molecule has 0 radical (unpaired) electrons. The van der Waals surface area contributed by atoms with Crippen LogP contribution in [0.5, 0.6) is 11.8 Å². The Morgan fingerprint density at radius 3 is 2.66 bits per heavy atom. The molecule has 1 saturated carbocycles. The molecular formula is C25H21N3O7. The number of Topliss-reactive ketones (excluding diaryl/α,β-unsaturated/α-hetero) is 1. The minimum atomic E-state index is -0.468. The maximum atomic E-state index is 12.0. The SMILES string of the molecule is CC(OC=O)c1ccccc1.CNc1c(C)noc1C#Cc1nc2c(o1)OC1=C(O2)C(=O)C12CC2. The quantitative estimate of drug-likeness (QED) is 0.441. The molecule has 1 spiro atoms. The molecule has 10 heteroatoms. The smallest absolute Gasteiger partial charge is 0.358 e. The summed E-state index contributed by atoms with van der Waals surface area (Å²) in [5, 5.41) is 6.81. The van der Waals surface area contributed by atoms with Crippen molar-refractivity contribution in [3.05, 3.63) is 64.8 Å². The summed E-state index contributed by atoms with van der Waals surface area (Å²) in [4.78, 5) is 26.1. The minimum Gasteiger partial charge on any atom is -0.460 e. The molecule has 0 saturated heterocycles. The van der Waals surface area contributed by atoms with Crippen molar-refractivity contribution in [2.45, 2.75) is 32.8 Å². The number of ether oxygens (including phenoxy) is 3. The van der Waals surface area contributed by atoms with Gasteiger partial charge in [0.15, 0.2) is 5.76 Å². The number of hydrogen-bond donors (Lipinski definition) is 1. The van der Waals surface area contributed by atoms with Crippen LogP contribution < -0.4 is 14.8 Å². The van der Waals surface area contributed by atoms with Gasteiger partial charge in [0.2, 0.25) is 17.3 Å². The van der Waals surface area contributed by atoms with E-state index in [1.54, 1.807) is 14.0 Å². The molecule has 178 valence electrons. The molecule has 1 N–H and O–H groups in total. The highest BCUT2D eigenvalue weighted by molar-refractivity contribution is 6.10. The third-order valence-corrected chi connectivity index (χ3v) is 5.92. The normalized spacial score (nSPS) is 16.6. The van der Waals surface area contributed by atoms with E-state index in [1.807, 2.05) is 37.3 Å². The van der Waals surface area contributed by atoms with Crippen molar-refractivity contribution in [1.82, 2.24) is 10.1 Å². The van der Waals surface area contributed by atoms with Crippen LogP contribution in [0.1, 0.15) is 48.8 Å². The number of benzene rings is 1. The van der Waals surface area contributed by atoms with Gasteiger partial charge in [0, 0.05) is 13.0 Å². The van der Waals surface area contributed by atoms with Crippen LogP contribution in [0.4, 0.5) is 5.69 Å². The van der Waals surface area contributed by atoms with E-state index in [4.69, 9.17) is 23.2 Å². The van der Waals surface area contributed by atoms with E-state index in [0.29, 0.717) is 29.4 Å². The molecule has 3 aromatic rings. The van der Waals surface area contributed by atoms with Crippen molar-refractivity contribution in [3.63, 3.8) is 0 Å². The fraction of sp³-hybridized carbons (Fsp3) is 0.280. The van der Waals surface area contributed by atoms with Gasteiger partial charge < -0.3 is 28.5 Å². The van der Waals surface area contributed by atoms with E-state index in [1.165, 1.54) is 0 Å². The zero-order valence-corrected chi connectivity index (χ0v) is 19.2. The van der Waals surface area contributed by atoms with Crippen LogP contribution in [0.2, 0.25) is 0 Å². The maximum absolute atomic E-state index is 12.0. The van der Waals surface area contributed by atoms with Gasteiger partial charge in [-0.05, 0) is 38.2 Å². The summed E-state index contributed by atoms with van der Waals surface area (Å²) in [5.74, 6) is 7.03.